The number of carbonyl (C=O) groups is 3. The predicted molar refractivity (Wildman–Crippen MR) is 94.0 cm³/mol. The number of carbonyl (C=O) groups excluding carboxylic acids is 3. The molecule has 0 atom stereocenters. The number of ketones is 1. The number of Topliss-reactive ketones (excluding diaryl/α,β-unsaturated/α-hetero) is 1. The minimum atomic E-state index is -0.187. The Balaban J connectivity index is 1.59. The van der Waals surface area contributed by atoms with Gasteiger partial charge in [-0.25, -0.2) is 0 Å². The van der Waals surface area contributed by atoms with Crippen molar-refractivity contribution < 1.29 is 19.1 Å². The van der Waals surface area contributed by atoms with Crippen molar-refractivity contribution in [1.29, 1.82) is 0 Å². The molecule has 128 valence electrons. The third-order valence-electron chi connectivity index (χ3n) is 3.87. The van der Waals surface area contributed by atoms with Crippen LogP contribution in [-0.2, 0) is 16.0 Å². The SMILES string of the molecule is CC(=O)c1cccc(NC(=O)CCc2ccc3c(c2)NC(=O)CO3)c1. The molecule has 0 fully saturated rings. The van der Waals surface area contributed by atoms with Crippen LogP contribution >= 0.6 is 0 Å². The summed E-state index contributed by atoms with van der Waals surface area (Å²) in [5.74, 6) is 0.259. The van der Waals surface area contributed by atoms with Crippen molar-refractivity contribution in [3.05, 3.63) is 53.6 Å². The Hall–Kier alpha value is -3.15. The number of hydrogen-bond acceptors (Lipinski definition) is 4. The van der Waals surface area contributed by atoms with Crippen molar-refractivity contribution in [3.8, 4) is 5.75 Å². The first-order chi connectivity index (χ1) is 12.0. The molecule has 0 saturated carbocycles. The number of rotatable bonds is 5. The number of ether oxygens (including phenoxy) is 1. The fraction of sp³-hybridized carbons (Fsp3) is 0.211. The van der Waals surface area contributed by atoms with Crippen LogP contribution in [0, 0.1) is 0 Å². The Morgan fingerprint density at radius 1 is 1.20 bits per heavy atom. The number of aryl methyl sites for hydroxylation is 1. The summed E-state index contributed by atoms with van der Waals surface area (Å²) in [5.41, 5.74) is 2.72. The van der Waals surface area contributed by atoms with E-state index >= 15 is 0 Å². The molecule has 3 rings (SSSR count). The van der Waals surface area contributed by atoms with E-state index in [1.807, 2.05) is 12.1 Å². The van der Waals surface area contributed by atoms with E-state index in [1.54, 1.807) is 30.3 Å². The van der Waals surface area contributed by atoms with E-state index in [2.05, 4.69) is 10.6 Å². The fourth-order valence-electron chi connectivity index (χ4n) is 2.58. The molecule has 6 heteroatoms. The number of anilines is 2. The zero-order valence-electron chi connectivity index (χ0n) is 13.8. The van der Waals surface area contributed by atoms with Crippen molar-refractivity contribution >= 4 is 29.0 Å². The highest BCUT2D eigenvalue weighted by Gasteiger charge is 2.16. The molecular formula is C19H18N2O4. The quantitative estimate of drug-likeness (QED) is 0.821. The van der Waals surface area contributed by atoms with Crippen LogP contribution < -0.4 is 15.4 Å². The van der Waals surface area contributed by atoms with Crippen LogP contribution in [0.4, 0.5) is 11.4 Å². The molecule has 0 radical (unpaired) electrons. The summed E-state index contributed by atoms with van der Waals surface area (Å²) < 4.78 is 5.31. The lowest BCUT2D eigenvalue weighted by atomic mass is 10.1. The van der Waals surface area contributed by atoms with Gasteiger partial charge >= 0.3 is 0 Å². The summed E-state index contributed by atoms with van der Waals surface area (Å²) in [6.45, 7) is 1.51. The number of fused-ring (bicyclic) bond motifs is 1. The van der Waals surface area contributed by atoms with E-state index in [0.717, 1.165) is 5.56 Å². The van der Waals surface area contributed by atoms with Gasteiger partial charge in [0.2, 0.25) is 5.91 Å². The van der Waals surface area contributed by atoms with Gasteiger partial charge in [-0.3, -0.25) is 14.4 Å². The minimum Gasteiger partial charge on any atom is -0.482 e. The smallest absolute Gasteiger partial charge is 0.262 e. The monoisotopic (exact) mass is 338 g/mol. The molecule has 2 aromatic carbocycles. The van der Waals surface area contributed by atoms with Gasteiger partial charge in [0, 0.05) is 17.7 Å². The van der Waals surface area contributed by atoms with Gasteiger partial charge in [0.25, 0.3) is 5.91 Å². The van der Waals surface area contributed by atoms with E-state index in [9.17, 15) is 14.4 Å². The molecule has 0 unspecified atom stereocenters. The summed E-state index contributed by atoms with van der Waals surface area (Å²) in [5, 5.41) is 5.54. The lowest BCUT2D eigenvalue weighted by Crippen LogP contribution is -2.25. The fourth-order valence-corrected chi connectivity index (χ4v) is 2.58. The van der Waals surface area contributed by atoms with Crippen molar-refractivity contribution in [1.82, 2.24) is 0 Å². The first-order valence-electron chi connectivity index (χ1n) is 7.98. The van der Waals surface area contributed by atoms with Crippen LogP contribution in [0.2, 0.25) is 0 Å². The Labute approximate surface area is 145 Å². The van der Waals surface area contributed by atoms with Crippen molar-refractivity contribution in [2.75, 3.05) is 17.2 Å². The molecule has 2 N–H and O–H groups in total. The molecule has 2 amide bonds. The van der Waals surface area contributed by atoms with Gasteiger partial charge in [0.05, 0.1) is 5.69 Å². The van der Waals surface area contributed by atoms with E-state index < -0.39 is 0 Å². The summed E-state index contributed by atoms with van der Waals surface area (Å²) in [6.07, 6.45) is 0.819. The molecule has 1 heterocycles. The van der Waals surface area contributed by atoms with Gasteiger partial charge in [-0.1, -0.05) is 18.2 Å². The number of nitrogens with one attached hydrogen (secondary N) is 2. The second kappa shape index (κ2) is 7.17. The molecule has 1 aliphatic heterocycles. The zero-order chi connectivity index (χ0) is 17.8. The maximum Gasteiger partial charge on any atom is 0.262 e. The highest BCUT2D eigenvalue weighted by Crippen LogP contribution is 2.28. The van der Waals surface area contributed by atoms with Crippen molar-refractivity contribution in [2.24, 2.45) is 0 Å². The minimum absolute atomic E-state index is 0.0219. The van der Waals surface area contributed by atoms with Crippen LogP contribution in [0.1, 0.15) is 29.3 Å². The number of hydrogen-bond donors (Lipinski definition) is 2. The van der Waals surface area contributed by atoms with Gasteiger partial charge in [-0.2, -0.15) is 0 Å². The average molecular weight is 338 g/mol. The lowest BCUT2D eigenvalue weighted by Gasteiger charge is -2.18. The molecule has 0 saturated heterocycles. The van der Waals surface area contributed by atoms with Gasteiger partial charge in [0.15, 0.2) is 12.4 Å². The molecule has 1 aliphatic rings. The van der Waals surface area contributed by atoms with Gasteiger partial charge in [-0.05, 0) is 43.2 Å². The lowest BCUT2D eigenvalue weighted by molar-refractivity contribution is -0.118. The standard InChI is InChI=1S/C19H18N2O4/c1-12(22)14-3-2-4-15(10-14)20-18(23)8-6-13-5-7-17-16(9-13)21-19(24)11-25-17/h2-5,7,9-10H,6,8,11H2,1H3,(H,20,23)(H,21,24). The highest BCUT2D eigenvalue weighted by atomic mass is 16.5. The Bertz CT molecular complexity index is 845. The van der Waals surface area contributed by atoms with Crippen LogP contribution in [0.15, 0.2) is 42.5 Å². The third kappa shape index (κ3) is 4.23. The summed E-state index contributed by atoms with van der Waals surface area (Å²) in [4.78, 5) is 34.9. The molecule has 0 aliphatic carbocycles. The van der Waals surface area contributed by atoms with Crippen LogP contribution in [0.3, 0.4) is 0 Å². The Morgan fingerprint density at radius 2 is 2.04 bits per heavy atom. The molecule has 0 bridgehead atoms. The van der Waals surface area contributed by atoms with Crippen LogP contribution in [-0.4, -0.2) is 24.2 Å². The van der Waals surface area contributed by atoms with Crippen LogP contribution in [0.5, 0.6) is 5.75 Å². The molecule has 2 aromatic rings. The van der Waals surface area contributed by atoms with E-state index in [1.165, 1.54) is 6.92 Å². The molecule has 0 aromatic heterocycles. The Morgan fingerprint density at radius 3 is 2.84 bits per heavy atom. The van der Waals surface area contributed by atoms with Gasteiger partial charge < -0.3 is 15.4 Å². The maximum atomic E-state index is 12.1. The normalized spacial score (nSPS) is 12.6. The molecular weight excluding hydrogens is 320 g/mol. The van der Waals surface area contributed by atoms with Gasteiger partial charge in [-0.15, -0.1) is 0 Å². The second-order valence-corrected chi connectivity index (χ2v) is 5.85. The second-order valence-electron chi connectivity index (χ2n) is 5.85. The van der Waals surface area contributed by atoms with Crippen LogP contribution in [0.25, 0.3) is 0 Å². The molecule has 0 spiro atoms. The Kier molecular flexibility index (Phi) is 4.79. The first-order valence-corrected chi connectivity index (χ1v) is 7.98. The summed E-state index contributed by atoms with van der Waals surface area (Å²) >= 11 is 0. The zero-order valence-corrected chi connectivity index (χ0v) is 13.8. The largest absolute Gasteiger partial charge is 0.482 e. The number of benzene rings is 2. The summed E-state index contributed by atoms with van der Waals surface area (Å²) in [7, 11) is 0. The van der Waals surface area contributed by atoms with E-state index in [0.29, 0.717) is 29.1 Å². The van der Waals surface area contributed by atoms with Crippen molar-refractivity contribution in [3.63, 3.8) is 0 Å². The predicted octanol–water partition coefficient (Wildman–Crippen LogP) is 2.79. The first kappa shape index (κ1) is 16.7. The van der Waals surface area contributed by atoms with E-state index in [4.69, 9.17) is 4.74 Å². The highest BCUT2D eigenvalue weighted by molar-refractivity contribution is 5.97. The van der Waals surface area contributed by atoms with Gasteiger partial charge in [0.1, 0.15) is 5.75 Å². The topological polar surface area (TPSA) is 84.5 Å². The van der Waals surface area contributed by atoms with Crippen molar-refractivity contribution in [2.45, 2.75) is 19.8 Å². The van der Waals surface area contributed by atoms with E-state index in [-0.39, 0.29) is 30.6 Å². The third-order valence-corrected chi connectivity index (χ3v) is 3.87. The molecule has 25 heavy (non-hydrogen) atoms. The summed E-state index contributed by atoms with van der Waals surface area (Å²) in [6, 6.07) is 12.3. The average Bonchev–Trinajstić information content (AvgIpc) is 2.59. The molecule has 6 nitrogen and oxygen atoms in total. The number of amides is 2. The maximum absolute atomic E-state index is 12.1.